The summed E-state index contributed by atoms with van der Waals surface area (Å²) in [5.41, 5.74) is 1.49. The molecule has 2 rings (SSSR count). The van der Waals surface area contributed by atoms with Gasteiger partial charge in [0, 0.05) is 12.0 Å². The van der Waals surface area contributed by atoms with Crippen LogP contribution < -0.4 is 9.47 Å². The van der Waals surface area contributed by atoms with Crippen LogP contribution in [0.5, 0.6) is 11.5 Å². The Hall–Kier alpha value is -1.73. The van der Waals surface area contributed by atoms with Gasteiger partial charge >= 0.3 is 0 Å². The lowest BCUT2D eigenvalue weighted by Gasteiger charge is -2.13. The van der Waals surface area contributed by atoms with Crippen LogP contribution in [0.15, 0.2) is 12.1 Å². The van der Waals surface area contributed by atoms with Crippen LogP contribution >= 0.6 is 0 Å². The first kappa shape index (κ1) is 10.8. The van der Waals surface area contributed by atoms with Crippen LogP contribution in [-0.2, 0) is 11.2 Å². The Balaban J connectivity index is 2.45. The summed E-state index contributed by atoms with van der Waals surface area (Å²) in [6.07, 6.45) is 0.914. The van der Waals surface area contributed by atoms with Crippen LogP contribution in [0.25, 0.3) is 0 Å². The maximum Gasteiger partial charge on any atom is 0.165 e. The molecule has 1 aromatic rings. The highest BCUT2D eigenvalue weighted by Gasteiger charge is 2.27. The third-order valence-corrected chi connectivity index (χ3v) is 2.60. The predicted octanol–water partition coefficient (Wildman–Crippen LogP) is 1.52. The Morgan fingerprint density at radius 2 is 2.19 bits per heavy atom. The van der Waals surface area contributed by atoms with E-state index in [1.54, 1.807) is 26.4 Å². The minimum Gasteiger partial charge on any atom is -0.493 e. The van der Waals surface area contributed by atoms with Crippen LogP contribution in [0.4, 0.5) is 0 Å². The summed E-state index contributed by atoms with van der Waals surface area (Å²) >= 11 is 0. The van der Waals surface area contributed by atoms with Gasteiger partial charge in [0.1, 0.15) is 0 Å². The molecule has 0 spiro atoms. The Morgan fingerprint density at radius 1 is 1.44 bits per heavy atom. The molecule has 16 heavy (non-hydrogen) atoms. The van der Waals surface area contributed by atoms with Gasteiger partial charge in [0.2, 0.25) is 0 Å². The van der Waals surface area contributed by atoms with Crippen LogP contribution in [0.3, 0.4) is 0 Å². The molecule has 4 heteroatoms. The van der Waals surface area contributed by atoms with E-state index in [2.05, 4.69) is 6.07 Å². The van der Waals surface area contributed by atoms with Crippen molar-refractivity contribution >= 4 is 0 Å². The van der Waals surface area contributed by atoms with Crippen molar-refractivity contribution in [3.05, 3.63) is 23.3 Å². The lowest BCUT2D eigenvalue weighted by atomic mass is 10.0. The molecular weight excluding hydrogens is 206 g/mol. The van der Waals surface area contributed by atoms with Crippen LogP contribution in [0, 0.1) is 11.3 Å². The van der Waals surface area contributed by atoms with E-state index >= 15 is 0 Å². The van der Waals surface area contributed by atoms with Crippen LogP contribution in [0.1, 0.15) is 11.1 Å². The smallest absolute Gasteiger partial charge is 0.165 e. The molecule has 1 atom stereocenters. The Labute approximate surface area is 94.3 Å². The van der Waals surface area contributed by atoms with Crippen LogP contribution in [-0.4, -0.2) is 26.9 Å². The topological polar surface area (TPSA) is 54.8 Å². The molecule has 1 saturated heterocycles. The molecule has 1 fully saturated rings. The Morgan fingerprint density at radius 3 is 2.69 bits per heavy atom. The largest absolute Gasteiger partial charge is 0.493 e. The molecule has 1 aromatic carbocycles. The maximum absolute atomic E-state index is 9.05. The monoisotopic (exact) mass is 219 g/mol. The van der Waals surface area contributed by atoms with E-state index in [0.717, 1.165) is 12.2 Å². The highest BCUT2D eigenvalue weighted by molar-refractivity contribution is 5.55. The van der Waals surface area contributed by atoms with Gasteiger partial charge in [-0.1, -0.05) is 0 Å². The highest BCUT2D eigenvalue weighted by Crippen LogP contribution is 2.35. The summed E-state index contributed by atoms with van der Waals surface area (Å²) in [7, 11) is 3.16. The van der Waals surface area contributed by atoms with Gasteiger partial charge in [0.05, 0.1) is 38.6 Å². The number of hydrogen-bond acceptors (Lipinski definition) is 4. The molecule has 0 amide bonds. The number of nitrogens with zero attached hydrogens (tertiary/aromatic N) is 1. The normalized spacial score (nSPS) is 17.7. The lowest BCUT2D eigenvalue weighted by Crippen LogP contribution is -2.02. The fraction of sp³-hybridized carbons (Fsp3) is 0.417. The number of nitriles is 1. The SMILES string of the molecule is COc1ccc(C#N)c(CC2CO2)c1OC. The van der Waals surface area contributed by atoms with Crippen molar-refractivity contribution in [2.75, 3.05) is 20.8 Å². The zero-order chi connectivity index (χ0) is 11.5. The van der Waals surface area contributed by atoms with Gasteiger partial charge in [-0.25, -0.2) is 0 Å². The number of rotatable bonds is 4. The number of hydrogen-bond donors (Lipinski definition) is 0. The van der Waals surface area contributed by atoms with Crippen molar-refractivity contribution in [3.8, 4) is 17.6 Å². The summed E-state index contributed by atoms with van der Waals surface area (Å²) in [4.78, 5) is 0. The number of methoxy groups -OCH3 is 2. The molecule has 0 aliphatic carbocycles. The number of epoxide rings is 1. The highest BCUT2D eigenvalue weighted by atomic mass is 16.6. The minimum absolute atomic E-state index is 0.216. The van der Waals surface area contributed by atoms with Gasteiger partial charge in [-0.3, -0.25) is 0 Å². The molecule has 84 valence electrons. The molecular formula is C12H13NO3. The molecule has 1 unspecified atom stereocenters. The van der Waals surface area contributed by atoms with Crippen molar-refractivity contribution in [2.24, 2.45) is 0 Å². The van der Waals surface area contributed by atoms with Crippen LogP contribution in [0.2, 0.25) is 0 Å². The zero-order valence-corrected chi connectivity index (χ0v) is 9.32. The fourth-order valence-corrected chi connectivity index (χ4v) is 1.71. The summed E-state index contributed by atoms with van der Waals surface area (Å²) < 4.78 is 15.7. The second-order valence-electron chi connectivity index (χ2n) is 3.60. The first-order chi connectivity index (χ1) is 7.80. The molecule has 0 bridgehead atoms. The third kappa shape index (κ3) is 1.95. The average molecular weight is 219 g/mol. The first-order valence-electron chi connectivity index (χ1n) is 5.05. The quantitative estimate of drug-likeness (QED) is 0.720. The standard InChI is InChI=1S/C12H13NO3/c1-14-11-4-3-8(6-13)10(12(11)15-2)5-9-7-16-9/h3-4,9H,5,7H2,1-2H3. The lowest BCUT2D eigenvalue weighted by molar-refractivity contribution is 0.348. The van der Waals surface area contributed by atoms with E-state index < -0.39 is 0 Å². The fourth-order valence-electron chi connectivity index (χ4n) is 1.71. The molecule has 0 radical (unpaired) electrons. The third-order valence-electron chi connectivity index (χ3n) is 2.60. The van der Waals surface area contributed by atoms with Crippen molar-refractivity contribution in [2.45, 2.75) is 12.5 Å². The Kier molecular flexibility index (Phi) is 2.97. The van der Waals surface area contributed by atoms with Crippen molar-refractivity contribution in [1.29, 1.82) is 5.26 Å². The summed E-state index contributed by atoms with van der Waals surface area (Å²) in [5, 5.41) is 9.05. The zero-order valence-electron chi connectivity index (χ0n) is 9.32. The van der Waals surface area contributed by atoms with E-state index in [4.69, 9.17) is 19.5 Å². The van der Waals surface area contributed by atoms with E-state index in [-0.39, 0.29) is 6.10 Å². The van der Waals surface area contributed by atoms with Gasteiger partial charge in [0.25, 0.3) is 0 Å². The van der Waals surface area contributed by atoms with Gasteiger partial charge in [0.15, 0.2) is 11.5 Å². The molecule has 0 N–H and O–H groups in total. The van der Waals surface area contributed by atoms with Gasteiger partial charge in [-0.2, -0.15) is 5.26 Å². The van der Waals surface area contributed by atoms with Crippen molar-refractivity contribution < 1.29 is 14.2 Å². The second kappa shape index (κ2) is 4.42. The minimum atomic E-state index is 0.216. The second-order valence-corrected chi connectivity index (χ2v) is 3.60. The first-order valence-corrected chi connectivity index (χ1v) is 5.05. The molecule has 1 aliphatic heterocycles. The van der Waals surface area contributed by atoms with Crippen molar-refractivity contribution in [1.82, 2.24) is 0 Å². The average Bonchev–Trinajstić information content (AvgIpc) is 3.12. The van der Waals surface area contributed by atoms with E-state index in [0.29, 0.717) is 23.5 Å². The number of benzene rings is 1. The van der Waals surface area contributed by atoms with Crippen molar-refractivity contribution in [3.63, 3.8) is 0 Å². The number of ether oxygens (including phenoxy) is 3. The van der Waals surface area contributed by atoms with Gasteiger partial charge in [-0.15, -0.1) is 0 Å². The summed E-state index contributed by atoms with van der Waals surface area (Å²) in [6.45, 7) is 0.755. The molecule has 0 aromatic heterocycles. The molecule has 1 aliphatic rings. The molecule has 1 heterocycles. The maximum atomic E-state index is 9.05. The molecule has 4 nitrogen and oxygen atoms in total. The summed E-state index contributed by atoms with van der Waals surface area (Å²) in [5.74, 6) is 1.29. The molecule has 0 saturated carbocycles. The van der Waals surface area contributed by atoms with Gasteiger partial charge in [-0.05, 0) is 12.1 Å². The van der Waals surface area contributed by atoms with E-state index in [1.165, 1.54) is 0 Å². The predicted molar refractivity (Wildman–Crippen MR) is 57.7 cm³/mol. The van der Waals surface area contributed by atoms with E-state index in [1.807, 2.05) is 0 Å². The van der Waals surface area contributed by atoms with E-state index in [9.17, 15) is 0 Å². The summed E-state index contributed by atoms with van der Waals surface area (Å²) in [6, 6.07) is 5.66. The van der Waals surface area contributed by atoms with Gasteiger partial charge < -0.3 is 14.2 Å². The Bertz CT molecular complexity index is 433.